The van der Waals surface area contributed by atoms with Crippen molar-refractivity contribution in [1.29, 1.82) is 0 Å². The Kier molecular flexibility index (Phi) is 4.16. The van der Waals surface area contributed by atoms with Gasteiger partial charge in [0.15, 0.2) is 0 Å². The predicted octanol–water partition coefficient (Wildman–Crippen LogP) is 4.88. The second kappa shape index (κ2) is 6.13. The summed E-state index contributed by atoms with van der Waals surface area (Å²) in [6.45, 7) is 3.87. The van der Waals surface area contributed by atoms with Gasteiger partial charge in [-0.2, -0.15) is 0 Å². The maximum absolute atomic E-state index is 11.7. The van der Waals surface area contributed by atoms with Crippen LogP contribution < -0.4 is 4.74 Å². The van der Waals surface area contributed by atoms with Crippen LogP contribution in [-0.4, -0.2) is 23.2 Å². The van der Waals surface area contributed by atoms with Gasteiger partial charge in [0.05, 0.1) is 28.9 Å². The van der Waals surface area contributed by atoms with Crippen molar-refractivity contribution in [3.8, 4) is 17.0 Å². The molecule has 122 valence electrons. The molecule has 0 unspecified atom stereocenters. The van der Waals surface area contributed by atoms with Gasteiger partial charge in [-0.3, -0.25) is 0 Å². The predicted molar refractivity (Wildman–Crippen MR) is 95.2 cm³/mol. The van der Waals surface area contributed by atoms with E-state index in [1.165, 1.54) is 0 Å². The number of aryl methyl sites for hydroxylation is 2. The number of hydrogen-bond acceptors (Lipinski definition) is 3. The lowest BCUT2D eigenvalue weighted by atomic mass is 10.00. The highest BCUT2D eigenvalue weighted by Crippen LogP contribution is 2.32. The normalized spacial score (nSPS) is 10.8. The minimum atomic E-state index is -0.978. The minimum Gasteiger partial charge on any atom is -0.495 e. The van der Waals surface area contributed by atoms with Gasteiger partial charge in [-0.05, 0) is 49.7 Å². The number of benzene rings is 2. The summed E-state index contributed by atoms with van der Waals surface area (Å²) >= 11 is 6.18. The third-order valence-electron chi connectivity index (χ3n) is 3.93. The molecule has 4 nitrogen and oxygen atoms in total. The molecule has 0 amide bonds. The first-order chi connectivity index (χ1) is 11.4. The van der Waals surface area contributed by atoms with Crippen LogP contribution in [0.1, 0.15) is 21.5 Å². The third kappa shape index (κ3) is 2.81. The summed E-state index contributed by atoms with van der Waals surface area (Å²) in [5.74, 6) is -0.417. The molecule has 0 fully saturated rings. The summed E-state index contributed by atoms with van der Waals surface area (Å²) in [7, 11) is 1.55. The van der Waals surface area contributed by atoms with Gasteiger partial charge < -0.3 is 9.84 Å². The second-order valence-electron chi connectivity index (χ2n) is 5.69. The molecule has 0 saturated carbocycles. The summed E-state index contributed by atoms with van der Waals surface area (Å²) in [5, 5.41) is 10.7. The van der Waals surface area contributed by atoms with E-state index in [4.69, 9.17) is 16.3 Å². The Balaban J connectivity index is 2.30. The molecule has 0 bridgehead atoms. The number of carbonyl (C=O) groups is 1. The van der Waals surface area contributed by atoms with E-state index < -0.39 is 5.97 Å². The van der Waals surface area contributed by atoms with Crippen molar-refractivity contribution in [2.45, 2.75) is 13.8 Å². The van der Waals surface area contributed by atoms with Crippen molar-refractivity contribution in [2.24, 2.45) is 0 Å². The Morgan fingerprint density at radius 3 is 2.54 bits per heavy atom. The molecule has 2 aromatic carbocycles. The van der Waals surface area contributed by atoms with Gasteiger partial charge >= 0.3 is 5.97 Å². The molecular formula is C19H16ClNO3. The van der Waals surface area contributed by atoms with Crippen LogP contribution in [0, 0.1) is 13.8 Å². The van der Waals surface area contributed by atoms with Crippen molar-refractivity contribution < 1.29 is 14.6 Å². The number of fused-ring (bicyclic) bond motifs is 1. The average Bonchev–Trinajstić information content (AvgIpc) is 2.53. The zero-order chi connectivity index (χ0) is 17.4. The van der Waals surface area contributed by atoms with Crippen LogP contribution in [0.3, 0.4) is 0 Å². The molecule has 1 heterocycles. The number of carboxylic acids is 1. The van der Waals surface area contributed by atoms with E-state index >= 15 is 0 Å². The van der Waals surface area contributed by atoms with Crippen LogP contribution in [0.2, 0.25) is 5.02 Å². The topological polar surface area (TPSA) is 59.4 Å². The summed E-state index contributed by atoms with van der Waals surface area (Å²) in [6.07, 6.45) is 0. The van der Waals surface area contributed by atoms with E-state index in [2.05, 4.69) is 4.98 Å². The molecule has 0 aliphatic heterocycles. The highest BCUT2D eigenvalue weighted by atomic mass is 35.5. The van der Waals surface area contributed by atoms with E-state index in [1.807, 2.05) is 32.0 Å². The van der Waals surface area contributed by atoms with Crippen molar-refractivity contribution >= 4 is 28.5 Å². The van der Waals surface area contributed by atoms with Gasteiger partial charge in [-0.15, -0.1) is 0 Å². The largest absolute Gasteiger partial charge is 0.495 e. The molecule has 0 aliphatic carbocycles. The first-order valence-corrected chi connectivity index (χ1v) is 7.77. The standard InChI is InChI=1S/C19H16ClNO3/c1-10-6-11(2)18-13(7-10)14(19(22)23)9-16(21-18)12-4-5-17(24-3)15(20)8-12/h4-9H,1-3H3,(H,22,23). The smallest absolute Gasteiger partial charge is 0.336 e. The zero-order valence-corrected chi connectivity index (χ0v) is 14.3. The fraction of sp³-hybridized carbons (Fsp3) is 0.158. The fourth-order valence-electron chi connectivity index (χ4n) is 2.83. The lowest BCUT2D eigenvalue weighted by Crippen LogP contribution is -2.01. The zero-order valence-electron chi connectivity index (χ0n) is 13.6. The lowest BCUT2D eigenvalue weighted by Gasteiger charge is -2.11. The molecule has 0 aliphatic rings. The van der Waals surface area contributed by atoms with Crippen LogP contribution >= 0.6 is 11.6 Å². The third-order valence-corrected chi connectivity index (χ3v) is 4.22. The molecule has 0 atom stereocenters. The molecule has 3 aromatic rings. The van der Waals surface area contributed by atoms with E-state index in [0.717, 1.165) is 16.7 Å². The van der Waals surface area contributed by atoms with Crippen LogP contribution in [0.25, 0.3) is 22.2 Å². The molecule has 1 N–H and O–H groups in total. The van der Waals surface area contributed by atoms with Crippen LogP contribution in [-0.2, 0) is 0 Å². The van der Waals surface area contributed by atoms with Gasteiger partial charge in [0.1, 0.15) is 5.75 Å². The van der Waals surface area contributed by atoms with E-state index in [1.54, 1.807) is 25.3 Å². The monoisotopic (exact) mass is 341 g/mol. The number of pyridine rings is 1. The Labute approximate surface area is 144 Å². The summed E-state index contributed by atoms with van der Waals surface area (Å²) in [6, 6.07) is 10.7. The maximum Gasteiger partial charge on any atom is 0.336 e. The van der Waals surface area contributed by atoms with Gasteiger partial charge in [-0.25, -0.2) is 9.78 Å². The van der Waals surface area contributed by atoms with E-state index in [9.17, 15) is 9.90 Å². The molecule has 5 heteroatoms. The van der Waals surface area contributed by atoms with Gasteiger partial charge in [-0.1, -0.05) is 23.2 Å². The van der Waals surface area contributed by atoms with Crippen LogP contribution in [0.15, 0.2) is 36.4 Å². The summed E-state index contributed by atoms with van der Waals surface area (Å²) in [5.41, 5.74) is 4.16. The number of carboxylic acid groups (broad SMARTS) is 1. The number of nitrogens with zero attached hydrogens (tertiary/aromatic N) is 1. The second-order valence-corrected chi connectivity index (χ2v) is 6.09. The fourth-order valence-corrected chi connectivity index (χ4v) is 3.09. The van der Waals surface area contributed by atoms with Crippen LogP contribution in [0.5, 0.6) is 5.75 Å². The molecule has 1 aromatic heterocycles. The molecular weight excluding hydrogens is 326 g/mol. The number of methoxy groups -OCH3 is 1. The molecule has 0 radical (unpaired) electrons. The Morgan fingerprint density at radius 1 is 1.17 bits per heavy atom. The van der Waals surface area contributed by atoms with Crippen molar-refractivity contribution in [3.63, 3.8) is 0 Å². The maximum atomic E-state index is 11.7. The highest BCUT2D eigenvalue weighted by Gasteiger charge is 2.15. The number of ether oxygens (including phenoxy) is 1. The molecule has 24 heavy (non-hydrogen) atoms. The van der Waals surface area contributed by atoms with E-state index in [-0.39, 0.29) is 5.56 Å². The molecule has 0 saturated heterocycles. The quantitative estimate of drug-likeness (QED) is 0.737. The Hall–Kier alpha value is -2.59. The van der Waals surface area contributed by atoms with Crippen molar-refractivity contribution in [3.05, 3.63) is 58.1 Å². The van der Waals surface area contributed by atoms with E-state index in [0.29, 0.717) is 27.4 Å². The van der Waals surface area contributed by atoms with Gasteiger partial charge in [0.25, 0.3) is 0 Å². The van der Waals surface area contributed by atoms with Crippen molar-refractivity contribution in [1.82, 2.24) is 4.98 Å². The number of halogens is 1. The first-order valence-electron chi connectivity index (χ1n) is 7.40. The number of rotatable bonds is 3. The number of aromatic carboxylic acids is 1. The number of aromatic nitrogens is 1. The number of hydrogen-bond donors (Lipinski definition) is 1. The Bertz CT molecular complexity index is 966. The first kappa shape index (κ1) is 16.3. The van der Waals surface area contributed by atoms with Gasteiger partial charge in [0, 0.05) is 10.9 Å². The van der Waals surface area contributed by atoms with Gasteiger partial charge in [0.2, 0.25) is 0 Å². The Morgan fingerprint density at radius 2 is 1.92 bits per heavy atom. The van der Waals surface area contributed by atoms with Crippen LogP contribution in [0.4, 0.5) is 0 Å². The average molecular weight is 342 g/mol. The SMILES string of the molecule is COc1ccc(-c2cc(C(=O)O)c3cc(C)cc(C)c3n2)cc1Cl. The molecule has 3 rings (SSSR count). The van der Waals surface area contributed by atoms with Crippen molar-refractivity contribution in [2.75, 3.05) is 7.11 Å². The summed E-state index contributed by atoms with van der Waals surface area (Å²) < 4.78 is 5.15. The lowest BCUT2D eigenvalue weighted by molar-refractivity contribution is 0.0699. The molecule has 0 spiro atoms. The minimum absolute atomic E-state index is 0.230. The summed E-state index contributed by atoms with van der Waals surface area (Å²) in [4.78, 5) is 16.4. The highest BCUT2D eigenvalue weighted by molar-refractivity contribution is 6.32.